The zero-order valence-electron chi connectivity index (χ0n) is 45.1. The Balaban J connectivity index is 0.000000166. The molecule has 4 amide bonds. The highest BCUT2D eigenvalue weighted by atomic mass is 16.6. The average Bonchev–Trinajstić information content (AvgIpc) is 4.15. The summed E-state index contributed by atoms with van der Waals surface area (Å²) >= 11 is 0. The Morgan fingerprint density at radius 2 is 1.12 bits per heavy atom. The van der Waals surface area contributed by atoms with Gasteiger partial charge >= 0.3 is 5.97 Å². The minimum absolute atomic E-state index is 0.0359. The third-order valence-corrected chi connectivity index (χ3v) is 16.3. The molecule has 21 heteroatoms. The fourth-order valence-corrected chi connectivity index (χ4v) is 12.1. The number of nitrogens with one attached hydrogen (secondary N) is 2. The van der Waals surface area contributed by atoms with Crippen molar-refractivity contribution in [3.8, 4) is 0 Å². The molecule has 404 valence electrons. The van der Waals surface area contributed by atoms with Crippen LogP contribution in [-0.4, -0.2) is 154 Å². The number of aromatic nitrogens is 8. The molecule has 4 N–H and O–H groups in total. The van der Waals surface area contributed by atoms with Gasteiger partial charge in [-0.1, -0.05) is 25.7 Å². The Hall–Kier alpha value is -7.55. The second-order valence-electron chi connectivity index (χ2n) is 23.7. The molecule has 4 aliphatic carbocycles. The molecule has 4 saturated carbocycles. The molecule has 0 aromatic carbocycles. The number of nitrogens with zero attached hydrogens (tertiary/aromatic N) is 12. The minimum Gasteiger partial charge on any atom is -0.460 e. The molecule has 12 rings (SSSR count). The molecule has 4 atom stereocenters. The first kappa shape index (κ1) is 51.6. The lowest BCUT2D eigenvalue weighted by atomic mass is 10.0. The van der Waals surface area contributed by atoms with Crippen LogP contribution in [0.5, 0.6) is 0 Å². The summed E-state index contributed by atoms with van der Waals surface area (Å²) in [5.41, 5.74) is 9.16. The number of likely N-dealkylation sites (tertiary alicyclic amines) is 2. The molecular weight excluding hydrogens is 979 g/mol. The Labute approximate surface area is 447 Å². The normalized spacial score (nSPS) is 22.6. The van der Waals surface area contributed by atoms with Gasteiger partial charge in [0.1, 0.15) is 39.9 Å². The first-order chi connectivity index (χ1) is 36.7. The minimum atomic E-state index is -0.515. The maximum atomic E-state index is 13.2. The third-order valence-electron chi connectivity index (χ3n) is 16.3. The SMILES string of the molecule is CN(C)C(=O)c1cc2cnc(Nc3ccc(C(=O)N4CC5CC5(CC(=O)OC(C)(C)C)C4)cn3)nc2n1C1CCCC1.CN(C)C(=O)c1cc2cnc(Nc3ccc(C(=O)N4CC5CC5(N)C4)cn3)nc2n1C1CCCC1. The first-order valence-electron chi connectivity index (χ1n) is 27.0. The number of nitrogens with two attached hydrogens (primary N) is 1. The Bertz CT molecular complexity index is 3280. The number of amides is 4. The number of hydrogen-bond donors (Lipinski definition) is 3. The van der Waals surface area contributed by atoms with Gasteiger partial charge in [0.05, 0.1) is 17.5 Å². The van der Waals surface area contributed by atoms with E-state index in [0.717, 1.165) is 92.8 Å². The predicted octanol–water partition coefficient (Wildman–Crippen LogP) is 7.14. The van der Waals surface area contributed by atoms with E-state index < -0.39 is 5.60 Å². The maximum absolute atomic E-state index is 13.2. The van der Waals surface area contributed by atoms with Crippen molar-refractivity contribution in [1.82, 2.24) is 58.6 Å². The summed E-state index contributed by atoms with van der Waals surface area (Å²) in [6.07, 6.45) is 17.6. The molecule has 2 saturated heterocycles. The fourth-order valence-electron chi connectivity index (χ4n) is 12.1. The van der Waals surface area contributed by atoms with E-state index in [1.165, 1.54) is 0 Å². The molecule has 0 bridgehead atoms. The van der Waals surface area contributed by atoms with Crippen LogP contribution in [0, 0.1) is 17.3 Å². The van der Waals surface area contributed by atoms with Gasteiger partial charge in [0.25, 0.3) is 23.6 Å². The highest BCUT2D eigenvalue weighted by molar-refractivity contribution is 5.99. The van der Waals surface area contributed by atoms with Gasteiger partial charge in [0.15, 0.2) is 0 Å². The van der Waals surface area contributed by atoms with Crippen LogP contribution in [0.15, 0.2) is 61.2 Å². The average molecular weight is 1050 g/mol. The number of ether oxygens (including phenoxy) is 1. The van der Waals surface area contributed by atoms with Gasteiger partial charge in [0, 0.05) is 113 Å². The number of carbonyl (C=O) groups is 5. The van der Waals surface area contributed by atoms with E-state index in [-0.39, 0.29) is 52.6 Å². The number of pyridine rings is 2. The van der Waals surface area contributed by atoms with Crippen molar-refractivity contribution in [3.63, 3.8) is 0 Å². The lowest BCUT2D eigenvalue weighted by Crippen LogP contribution is -2.37. The van der Waals surface area contributed by atoms with E-state index in [2.05, 4.69) is 39.7 Å². The highest BCUT2D eigenvalue weighted by Gasteiger charge is 2.62. The van der Waals surface area contributed by atoms with Gasteiger partial charge in [0.2, 0.25) is 11.9 Å². The number of fused-ring (bicyclic) bond motifs is 4. The van der Waals surface area contributed by atoms with Crippen LogP contribution >= 0.6 is 0 Å². The fraction of sp³-hybridized carbons (Fsp3) is 0.518. The number of hydrogen-bond acceptors (Lipinski definition) is 15. The number of anilines is 4. The van der Waals surface area contributed by atoms with Crippen LogP contribution < -0.4 is 16.4 Å². The van der Waals surface area contributed by atoms with Gasteiger partial charge < -0.3 is 49.8 Å². The molecule has 21 nitrogen and oxygen atoms in total. The van der Waals surface area contributed by atoms with Crippen LogP contribution in [0.1, 0.15) is 145 Å². The summed E-state index contributed by atoms with van der Waals surface area (Å²) in [5.74, 6) is 2.19. The zero-order chi connectivity index (χ0) is 54.1. The van der Waals surface area contributed by atoms with Crippen molar-refractivity contribution in [2.75, 3.05) is 65.0 Å². The first-order valence-corrected chi connectivity index (χ1v) is 27.0. The van der Waals surface area contributed by atoms with E-state index in [9.17, 15) is 24.0 Å². The van der Waals surface area contributed by atoms with Gasteiger partial charge in [-0.3, -0.25) is 24.0 Å². The molecule has 2 aliphatic heterocycles. The second kappa shape index (κ2) is 19.8. The van der Waals surface area contributed by atoms with E-state index in [1.54, 1.807) is 87.0 Å². The zero-order valence-corrected chi connectivity index (χ0v) is 45.1. The summed E-state index contributed by atoms with van der Waals surface area (Å²) in [7, 11) is 7.04. The van der Waals surface area contributed by atoms with E-state index in [4.69, 9.17) is 20.4 Å². The van der Waals surface area contributed by atoms with Crippen LogP contribution in [0.4, 0.5) is 23.5 Å². The van der Waals surface area contributed by atoms with Crippen molar-refractivity contribution in [2.45, 2.75) is 115 Å². The van der Waals surface area contributed by atoms with Crippen molar-refractivity contribution < 1.29 is 28.7 Å². The number of esters is 1. The molecule has 0 spiro atoms. The molecule has 77 heavy (non-hydrogen) atoms. The third kappa shape index (κ3) is 10.4. The van der Waals surface area contributed by atoms with Crippen LogP contribution in [0.2, 0.25) is 0 Å². The van der Waals surface area contributed by atoms with Gasteiger partial charge in [-0.2, -0.15) is 9.97 Å². The molecule has 4 unspecified atom stereocenters. The number of piperidine rings is 2. The van der Waals surface area contributed by atoms with Gasteiger partial charge in [-0.05, 0) is 108 Å². The smallest absolute Gasteiger partial charge is 0.306 e. The lowest BCUT2D eigenvalue weighted by Gasteiger charge is -2.23. The molecule has 0 radical (unpaired) electrons. The molecule has 6 fully saturated rings. The van der Waals surface area contributed by atoms with Gasteiger partial charge in [-0.25, -0.2) is 19.9 Å². The van der Waals surface area contributed by atoms with Gasteiger partial charge in [-0.15, -0.1) is 0 Å². The van der Waals surface area contributed by atoms with Crippen LogP contribution in [-0.2, 0) is 9.53 Å². The topological polar surface area (TPSA) is 245 Å². The van der Waals surface area contributed by atoms with Crippen molar-refractivity contribution in [1.29, 1.82) is 0 Å². The largest absolute Gasteiger partial charge is 0.460 e. The predicted molar refractivity (Wildman–Crippen MR) is 289 cm³/mol. The Morgan fingerprint density at radius 1 is 0.649 bits per heavy atom. The van der Waals surface area contributed by atoms with E-state index in [1.807, 2.05) is 42.7 Å². The van der Waals surface area contributed by atoms with E-state index >= 15 is 0 Å². The second-order valence-corrected chi connectivity index (χ2v) is 23.7. The number of carbonyl (C=O) groups excluding carboxylic acids is 5. The van der Waals surface area contributed by atoms with Crippen molar-refractivity contribution in [3.05, 3.63) is 83.7 Å². The van der Waals surface area contributed by atoms with Crippen molar-refractivity contribution in [2.24, 2.45) is 23.0 Å². The van der Waals surface area contributed by atoms with E-state index in [0.29, 0.717) is 83.9 Å². The number of rotatable bonds is 12. The standard InChI is InChI=1S/C31H39N7O4.C25H30N8O2/c1-30(2,3)42-25(39)14-31-13-21(31)17-37(18-31)27(40)19-10-11-24(32-15-19)34-29-33-16-20-12-23(28(41)36(4)5)38(26(20)35-29)22-8-6-7-9-22;1-31(2)23(35)19-9-16-12-28-24(30-21(16)33(19)18-5-3-4-6-18)29-20-8-7-15(11-27-20)22(34)32-13-17-10-25(17,26)14-32/h10-12,15-16,21-22H,6-9,13-14,17-18H2,1-5H3,(H,32,33,34,35);7-9,11-12,17-18H,3-6,10,13-14,26H2,1-2H3,(H,27,28,29,30). The summed E-state index contributed by atoms with van der Waals surface area (Å²) in [4.78, 5) is 98.4. The summed E-state index contributed by atoms with van der Waals surface area (Å²) < 4.78 is 9.68. The molecule has 6 aromatic heterocycles. The highest BCUT2D eigenvalue weighted by Crippen LogP contribution is 2.60. The summed E-state index contributed by atoms with van der Waals surface area (Å²) in [6, 6.07) is 11.2. The molecule has 6 aromatic rings. The monoisotopic (exact) mass is 1050 g/mol. The Kier molecular flexibility index (Phi) is 13.2. The van der Waals surface area contributed by atoms with Crippen LogP contribution in [0.25, 0.3) is 22.1 Å². The summed E-state index contributed by atoms with van der Waals surface area (Å²) in [6.45, 7) is 8.15. The summed E-state index contributed by atoms with van der Waals surface area (Å²) in [5, 5.41) is 7.95. The Morgan fingerprint density at radius 3 is 1.53 bits per heavy atom. The quantitative estimate of drug-likeness (QED) is 0.103. The maximum Gasteiger partial charge on any atom is 0.306 e. The lowest BCUT2D eigenvalue weighted by molar-refractivity contribution is -0.156. The molecule has 8 heterocycles. The molecule has 6 aliphatic rings. The van der Waals surface area contributed by atoms with Crippen LogP contribution in [0.3, 0.4) is 0 Å². The molecular formula is C56H69N15O6. The van der Waals surface area contributed by atoms with Crippen molar-refractivity contribution >= 4 is 75.2 Å².